The van der Waals surface area contributed by atoms with Crippen LogP contribution in [0.1, 0.15) is 30.7 Å². The van der Waals surface area contributed by atoms with E-state index < -0.39 is 10.9 Å². The van der Waals surface area contributed by atoms with Gasteiger partial charge in [-0.05, 0) is 26.7 Å². The van der Waals surface area contributed by atoms with E-state index in [4.69, 9.17) is 5.11 Å². The zero-order chi connectivity index (χ0) is 13.0. The van der Waals surface area contributed by atoms with Crippen LogP contribution in [0.15, 0.2) is 0 Å². The Labute approximate surface area is 98.2 Å². The lowest BCUT2D eigenvalue weighted by Gasteiger charge is -2.02. The van der Waals surface area contributed by atoms with E-state index >= 15 is 0 Å². The van der Waals surface area contributed by atoms with E-state index in [2.05, 4.69) is 5.10 Å². The number of hydrogen-bond acceptors (Lipinski definition) is 4. The number of unbranched alkanes of at least 4 members (excludes halogenated alkanes) is 1. The molecular weight excluding hydrogens is 226 g/mol. The molecule has 0 aromatic carbocycles. The SMILES string of the molecule is Cc1nn(CCCCC(=O)O)c(C)c1[N+](=O)[O-]. The molecule has 0 aliphatic rings. The second kappa shape index (κ2) is 5.42. The molecule has 0 aliphatic carbocycles. The summed E-state index contributed by atoms with van der Waals surface area (Å²) >= 11 is 0. The average Bonchev–Trinajstić information content (AvgIpc) is 2.48. The Bertz CT molecular complexity index is 439. The van der Waals surface area contributed by atoms with Crippen LogP contribution < -0.4 is 0 Å². The van der Waals surface area contributed by atoms with Crippen molar-refractivity contribution in [2.24, 2.45) is 0 Å². The summed E-state index contributed by atoms with van der Waals surface area (Å²) in [6.45, 7) is 3.75. The topological polar surface area (TPSA) is 98.3 Å². The molecule has 0 aliphatic heterocycles. The number of aromatic nitrogens is 2. The van der Waals surface area contributed by atoms with Crippen molar-refractivity contribution in [3.05, 3.63) is 21.5 Å². The van der Waals surface area contributed by atoms with Crippen LogP contribution in [-0.2, 0) is 11.3 Å². The fraction of sp³-hybridized carbons (Fsp3) is 0.600. The highest BCUT2D eigenvalue weighted by Gasteiger charge is 2.21. The molecule has 0 saturated heterocycles. The summed E-state index contributed by atoms with van der Waals surface area (Å²) in [4.78, 5) is 20.6. The highest BCUT2D eigenvalue weighted by Crippen LogP contribution is 2.22. The summed E-state index contributed by atoms with van der Waals surface area (Å²) < 4.78 is 1.56. The Balaban J connectivity index is 2.63. The minimum atomic E-state index is -0.829. The highest BCUT2D eigenvalue weighted by molar-refractivity contribution is 5.66. The smallest absolute Gasteiger partial charge is 0.312 e. The largest absolute Gasteiger partial charge is 0.481 e. The van der Waals surface area contributed by atoms with Crippen molar-refractivity contribution in [1.29, 1.82) is 0 Å². The van der Waals surface area contributed by atoms with Crippen LogP contribution in [0.2, 0.25) is 0 Å². The van der Waals surface area contributed by atoms with Gasteiger partial charge in [0.1, 0.15) is 11.4 Å². The summed E-state index contributed by atoms with van der Waals surface area (Å²) in [5, 5.41) is 23.3. The second-order valence-corrected chi connectivity index (χ2v) is 3.85. The first kappa shape index (κ1) is 13.1. The molecule has 0 spiro atoms. The van der Waals surface area contributed by atoms with Gasteiger partial charge < -0.3 is 5.11 Å². The number of hydrogen-bond donors (Lipinski definition) is 1. The maximum atomic E-state index is 10.7. The third kappa shape index (κ3) is 3.27. The van der Waals surface area contributed by atoms with Gasteiger partial charge in [0.05, 0.1) is 4.92 Å². The minimum absolute atomic E-state index is 0.0447. The van der Waals surface area contributed by atoms with Crippen LogP contribution in [0.4, 0.5) is 5.69 Å². The molecule has 0 amide bonds. The zero-order valence-corrected chi connectivity index (χ0v) is 9.84. The fourth-order valence-corrected chi connectivity index (χ4v) is 1.71. The molecule has 1 heterocycles. The maximum Gasteiger partial charge on any atom is 0.312 e. The van der Waals surface area contributed by atoms with Crippen molar-refractivity contribution < 1.29 is 14.8 Å². The molecule has 17 heavy (non-hydrogen) atoms. The number of carboxylic acids is 1. The molecular formula is C10H15N3O4. The number of nitro groups is 1. The van der Waals surface area contributed by atoms with Crippen LogP contribution in [0.25, 0.3) is 0 Å². The second-order valence-electron chi connectivity index (χ2n) is 3.85. The lowest BCUT2D eigenvalue weighted by atomic mass is 10.2. The van der Waals surface area contributed by atoms with Crippen molar-refractivity contribution in [3.63, 3.8) is 0 Å². The van der Waals surface area contributed by atoms with Crippen LogP contribution in [0.5, 0.6) is 0 Å². The van der Waals surface area contributed by atoms with Crippen LogP contribution in [0.3, 0.4) is 0 Å². The standard InChI is InChI=1S/C10H15N3O4/c1-7-10(13(16)17)8(2)12(11-7)6-4-3-5-9(14)15/h3-6H2,1-2H3,(H,14,15). The number of nitrogens with zero attached hydrogens (tertiary/aromatic N) is 3. The normalized spacial score (nSPS) is 10.5. The Morgan fingerprint density at radius 2 is 2.12 bits per heavy atom. The van der Waals surface area contributed by atoms with Crippen molar-refractivity contribution >= 4 is 11.7 Å². The first-order valence-corrected chi connectivity index (χ1v) is 5.33. The van der Waals surface area contributed by atoms with Gasteiger partial charge in [0, 0.05) is 13.0 Å². The van der Waals surface area contributed by atoms with Gasteiger partial charge in [0.25, 0.3) is 0 Å². The van der Waals surface area contributed by atoms with Gasteiger partial charge in [-0.1, -0.05) is 0 Å². The summed E-state index contributed by atoms with van der Waals surface area (Å²) in [7, 11) is 0. The predicted octanol–water partition coefficient (Wildman–Crippen LogP) is 1.66. The molecule has 0 bridgehead atoms. The predicted molar refractivity (Wildman–Crippen MR) is 59.8 cm³/mol. The Kier molecular flexibility index (Phi) is 4.19. The van der Waals surface area contributed by atoms with Gasteiger partial charge in [-0.15, -0.1) is 0 Å². The van der Waals surface area contributed by atoms with E-state index in [9.17, 15) is 14.9 Å². The van der Waals surface area contributed by atoms with Crippen molar-refractivity contribution in [2.75, 3.05) is 0 Å². The third-order valence-corrected chi connectivity index (χ3v) is 2.54. The van der Waals surface area contributed by atoms with E-state index in [1.54, 1.807) is 18.5 Å². The summed E-state index contributed by atoms with van der Waals surface area (Å²) in [6, 6.07) is 0. The lowest BCUT2D eigenvalue weighted by Crippen LogP contribution is -2.04. The molecule has 1 aromatic heterocycles. The minimum Gasteiger partial charge on any atom is -0.481 e. The van der Waals surface area contributed by atoms with E-state index in [1.807, 2.05) is 0 Å². The maximum absolute atomic E-state index is 10.7. The van der Waals surface area contributed by atoms with Crippen molar-refractivity contribution in [1.82, 2.24) is 9.78 Å². The van der Waals surface area contributed by atoms with Gasteiger partial charge >= 0.3 is 11.7 Å². The number of aliphatic carboxylic acids is 1. The van der Waals surface area contributed by atoms with E-state index in [-0.39, 0.29) is 12.1 Å². The van der Waals surface area contributed by atoms with Gasteiger partial charge in [-0.25, -0.2) is 0 Å². The van der Waals surface area contributed by atoms with Gasteiger partial charge in [-0.2, -0.15) is 5.10 Å². The van der Waals surface area contributed by atoms with Gasteiger partial charge in [0.15, 0.2) is 0 Å². The number of carboxylic acid groups (broad SMARTS) is 1. The zero-order valence-electron chi connectivity index (χ0n) is 9.84. The average molecular weight is 241 g/mol. The monoisotopic (exact) mass is 241 g/mol. The van der Waals surface area contributed by atoms with Gasteiger partial charge in [0.2, 0.25) is 0 Å². The summed E-state index contributed by atoms with van der Waals surface area (Å²) in [6.07, 6.45) is 1.30. The summed E-state index contributed by atoms with van der Waals surface area (Å²) in [5.41, 5.74) is 0.955. The number of carbonyl (C=O) groups is 1. The first-order chi connectivity index (χ1) is 7.93. The molecule has 94 valence electrons. The van der Waals surface area contributed by atoms with E-state index in [1.165, 1.54) is 0 Å². The molecule has 1 rings (SSSR count). The number of aryl methyl sites for hydroxylation is 2. The van der Waals surface area contributed by atoms with Crippen LogP contribution >= 0.6 is 0 Å². The Morgan fingerprint density at radius 1 is 1.47 bits per heavy atom. The van der Waals surface area contributed by atoms with Crippen molar-refractivity contribution in [2.45, 2.75) is 39.7 Å². The van der Waals surface area contributed by atoms with E-state index in [0.29, 0.717) is 30.8 Å². The molecule has 0 saturated carbocycles. The molecule has 0 atom stereocenters. The molecule has 1 N–H and O–H groups in total. The Morgan fingerprint density at radius 3 is 2.59 bits per heavy atom. The lowest BCUT2D eigenvalue weighted by molar-refractivity contribution is -0.386. The first-order valence-electron chi connectivity index (χ1n) is 5.33. The van der Waals surface area contributed by atoms with Crippen molar-refractivity contribution in [3.8, 4) is 0 Å². The fourth-order valence-electron chi connectivity index (χ4n) is 1.71. The molecule has 1 aromatic rings. The van der Waals surface area contributed by atoms with Crippen LogP contribution in [0, 0.1) is 24.0 Å². The quantitative estimate of drug-likeness (QED) is 0.464. The number of rotatable bonds is 6. The molecule has 7 nitrogen and oxygen atoms in total. The third-order valence-electron chi connectivity index (χ3n) is 2.54. The molecule has 0 unspecified atom stereocenters. The highest BCUT2D eigenvalue weighted by atomic mass is 16.6. The summed E-state index contributed by atoms with van der Waals surface area (Å²) in [5.74, 6) is -0.829. The van der Waals surface area contributed by atoms with E-state index in [0.717, 1.165) is 0 Å². The molecule has 7 heteroatoms. The molecule has 0 fully saturated rings. The molecule has 0 radical (unpaired) electrons. The Hall–Kier alpha value is -1.92. The van der Waals surface area contributed by atoms with Gasteiger partial charge in [-0.3, -0.25) is 19.6 Å². The van der Waals surface area contributed by atoms with Crippen LogP contribution in [-0.4, -0.2) is 25.8 Å².